The van der Waals surface area contributed by atoms with Crippen molar-refractivity contribution in [1.29, 1.82) is 0 Å². The first kappa shape index (κ1) is 19.0. The Morgan fingerprint density at radius 2 is 1.64 bits per heavy atom. The largest absolute Gasteiger partial charge is 0.417 e. The maximum absolute atomic E-state index is 12.8. The van der Waals surface area contributed by atoms with Crippen LogP contribution < -0.4 is 5.73 Å². The van der Waals surface area contributed by atoms with Crippen molar-refractivity contribution < 1.29 is 31.1 Å². The summed E-state index contributed by atoms with van der Waals surface area (Å²) in [6.45, 7) is 0. The lowest BCUT2D eigenvalue weighted by Crippen LogP contribution is -2.24. The van der Waals surface area contributed by atoms with Gasteiger partial charge >= 0.3 is 12.4 Å². The van der Waals surface area contributed by atoms with Gasteiger partial charge in [-0.25, -0.2) is 0 Å². The van der Waals surface area contributed by atoms with Crippen LogP contribution in [0.2, 0.25) is 5.02 Å². The molecule has 2 aromatic rings. The van der Waals surface area contributed by atoms with Gasteiger partial charge in [0, 0.05) is 6.20 Å². The molecule has 1 amide bonds. The monoisotopic (exact) mass is 382 g/mol. The number of amides is 1. The fraction of sp³-hybridized carbons (Fsp3) is 0.200. The highest BCUT2D eigenvalue weighted by atomic mass is 35.5. The first-order chi connectivity index (χ1) is 11.4. The lowest BCUT2D eigenvalue weighted by molar-refractivity contribution is -0.138. The third-order valence-corrected chi connectivity index (χ3v) is 3.60. The smallest absolute Gasteiger partial charge is 0.369 e. The van der Waals surface area contributed by atoms with E-state index in [2.05, 4.69) is 4.98 Å². The summed E-state index contributed by atoms with van der Waals surface area (Å²) < 4.78 is 76.4. The van der Waals surface area contributed by atoms with E-state index in [1.807, 2.05) is 0 Å². The number of benzene rings is 1. The number of primary amides is 1. The van der Waals surface area contributed by atoms with Crippen molar-refractivity contribution in [3.8, 4) is 0 Å². The molecule has 134 valence electrons. The molecule has 25 heavy (non-hydrogen) atoms. The average Bonchev–Trinajstić information content (AvgIpc) is 2.47. The molecule has 0 aliphatic heterocycles. The van der Waals surface area contributed by atoms with E-state index in [0.717, 1.165) is 12.1 Å². The van der Waals surface area contributed by atoms with E-state index in [4.69, 9.17) is 17.3 Å². The number of aromatic nitrogens is 1. The molecular weight excluding hydrogens is 374 g/mol. The molecule has 1 aromatic carbocycles. The van der Waals surface area contributed by atoms with Crippen LogP contribution in [0.1, 0.15) is 28.3 Å². The van der Waals surface area contributed by atoms with Crippen LogP contribution in [-0.4, -0.2) is 10.9 Å². The SMILES string of the molecule is NC(=O)[C@@H](c1cccc(C(F)(F)F)c1)c1ncc(C(F)(F)F)cc1Cl. The summed E-state index contributed by atoms with van der Waals surface area (Å²) in [5.74, 6) is -2.63. The summed E-state index contributed by atoms with van der Waals surface area (Å²) in [6, 6.07) is 4.22. The second-order valence-electron chi connectivity index (χ2n) is 5.05. The minimum atomic E-state index is -4.71. The van der Waals surface area contributed by atoms with E-state index in [0.29, 0.717) is 18.3 Å². The van der Waals surface area contributed by atoms with Crippen LogP contribution >= 0.6 is 11.6 Å². The van der Waals surface area contributed by atoms with Crippen LogP contribution in [0.25, 0.3) is 0 Å². The predicted octanol–water partition coefficient (Wildman–Crippen LogP) is 4.39. The van der Waals surface area contributed by atoms with Crippen LogP contribution in [0.5, 0.6) is 0 Å². The zero-order chi connectivity index (χ0) is 19.0. The Bertz CT molecular complexity index is 803. The minimum Gasteiger partial charge on any atom is -0.369 e. The number of hydrogen-bond donors (Lipinski definition) is 1. The quantitative estimate of drug-likeness (QED) is 0.800. The van der Waals surface area contributed by atoms with E-state index in [1.54, 1.807) is 0 Å². The van der Waals surface area contributed by atoms with Gasteiger partial charge in [-0.1, -0.05) is 29.8 Å². The molecule has 2 N–H and O–H groups in total. The molecular formula is C15H9ClF6N2O. The van der Waals surface area contributed by atoms with Gasteiger partial charge < -0.3 is 5.73 Å². The zero-order valence-corrected chi connectivity index (χ0v) is 12.9. The van der Waals surface area contributed by atoms with Gasteiger partial charge in [-0.2, -0.15) is 26.3 Å². The minimum absolute atomic E-state index is 0.184. The van der Waals surface area contributed by atoms with Crippen LogP contribution in [0.4, 0.5) is 26.3 Å². The van der Waals surface area contributed by atoms with Crippen LogP contribution in [0.3, 0.4) is 0 Å². The van der Waals surface area contributed by atoms with Crippen molar-refractivity contribution in [2.45, 2.75) is 18.3 Å². The molecule has 1 heterocycles. The lowest BCUT2D eigenvalue weighted by Gasteiger charge is -2.17. The highest BCUT2D eigenvalue weighted by Crippen LogP contribution is 2.36. The van der Waals surface area contributed by atoms with Crippen LogP contribution in [0, 0.1) is 0 Å². The summed E-state index contributed by atoms with van der Waals surface area (Å²) in [6.07, 6.45) is -8.95. The molecule has 0 radical (unpaired) electrons. The topological polar surface area (TPSA) is 56.0 Å². The molecule has 1 aromatic heterocycles. The zero-order valence-electron chi connectivity index (χ0n) is 12.1. The Balaban J connectivity index is 2.55. The Hall–Kier alpha value is -2.29. The van der Waals surface area contributed by atoms with Gasteiger partial charge in [-0.15, -0.1) is 0 Å². The normalized spacial score (nSPS) is 13.6. The third-order valence-electron chi connectivity index (χ3n) is 3.30. The molecule has 0 saturated heterocycles. The number of carbonyl (C=O) groups is 1. The number of carbonyl (C=O) groups excluding carboxylic acids is 1. The molecule has 0 unspecified atom stereocenters. The van der Waals surface area contributed by atoms with Crippen molar-refractivity contribution >= 4 is 17.5 Å². The highest BCUT2D eigenvalue weighted by molar-refractivity contribution is 6.31. The van der Waals surface area contributed by atoms with Gasteiger partial charge in [0.05, 0.1) is 21.8 Å². The number of nitrogens with zero attached hydrogens (tertiary/aromatic N) is 1. The van der Waals surface area contributed by atoms with Crippen molar-refractivity contribution in [2.75, 3.05) is 0 Å². The fourth-order valence-electron chi connectivity index (χ4n) is 2.17. The molecule has 2 rings (SSSR count). The van der Waals surface area contributed by atoms with Crippen molar-refractivity contribution in [3.05, 3.63) is 63.9 Å². The second kappa shape index (κ2) is 6.55. The van der Waals surface area contributed by atoms with Gasteiger partial charge in [-0.05, 0) is 17.7 Å². The maximum atomic E-state index is 12.8. The Labute approximate surface area is 142 Å². The van der Waals surface area contributed by atoms with Crippen molar-refractivity contribution in [1.82, 2.24) is 4.98 Å². The molecule has 0 bridgehead atoms. The summed E-state index contributed by atoms with van der Waals surface area (Å²) in [5, 5.41) is -0.531. The Morgan fingerprint density at radius 1 is 1.04 bits per heavy atom. The molecule has 10 heteroatoms. The number of rotatable bonds is 3. The Kier molecular flexibility index (Phi) is 4.99. The predicted molar refractivity (Wildman–Crippen MR) is 76.7 cm³/mol. The van der Waals surface area contributed by atoms with Gasteiger partial charge in [-0.3, -0.25) is 9.78 Å². The van der Waals surface area contributed by atoms with E-state index in [1.165, 1.54) is 6.07 Å². The number of nitrogens with two attached hydrogens (primary N) is 1. The van der Waals surface area contributed by atoms with Crippen molar-refractivity contribution in [2.24, 2.45) is 5.73 Å². The van der Waals surface area contributed by atoms with Gasteiger partial charge in [0.1, 0.15) is 5.92 Å². The van der Waals surface area contributed by atoms with Crippen molar-refractivity contribution in [3.63, 3.8) is 0 Å². The van der Waals surface area contributed by atoms with Crippen LogP contribution in [0.15, 0.2) is 36.5 Å². The first-order valence-electron chi connectivity index (χ1n) is 6.60. The Morgan fingerprint density at radius 3 is 2.12 bits per heavy atom. The molecule has 0 fully saturated rings. The van der Waals surface area contributed by atoms with E-state index in [-0.39, 0.29) is 11.3 Å². The lowest BCUT2D eigenvalue weighted by atomic mass is 9.92. The highest BCUT2D eigenvalue weighted by Gasteiger charge is 2.35. The number of alkyl halides is 6. The molecule has 1 atom stereocenters. The van der Waals surface area contributed by atoms with E-state index < -0.39 is 40.3 Å². The van der Waals surface area contributed by atoms with E-state index >= 15 is 0 Å². The summed E-state index contributed by atoms with van der Waals surface area (Å²) in [7, 11) is 0. The second-order valence-corrected chi connectivity index (χ2v) is 5.45. The molecule has 0 saturated carbocycles. The summed E-state index contributed by atoms with van der Waals surface area (Å²) in [4.78, 5) is 15.2. The third kappa shape index (κ3) is 4.22. The van der Waals surface area contributed by atoms with Crippen LogP contribution in [-0.2, 0) is 17.1 Å². The van der Waals surface area contributed by atoms with Gasteiger partial charge in [0.15, 0.2) is 0 Å². The number of pyridine rings is 1. The summed E-state index contributed by atoms with van der Waals surface area (Å²) in [5.41, 5.74) is 2.47. The van der Waals surface area contributed by atoms with Gasteiger partial charge in [0.25, 0.3) is 0 Å². The summed E-state index contributed by atoms with van der Waals surface area (Å²) >= 11 is 5.76. The van der Waals surface area contributed by atoms with E-state index in [9.17, 15) is 31.1 Å². The first-order valence-corrected chi connectivity index (χ1v) is 6.98. The standard InChI is InChI=1S/C15H9ClF6N2O/c16-10-5-9(15(20,21)22)6-24-12(10)11(13(23)25)7-2-1-3-8(4-7)14(17,18)19/h1-6,11H,(H2,23,25)/t11-/m0/s1. The number of halogens is 7. The molecule has 3 nitrogen and oxygen atoms in total. The maximum Gasteiger partial charge on any atom is 0.417 e. The number of hydrogen-bond acceptors (Lipinski definition) is 2. The average molecular weight is 383 g/mol. The van der Waals surface area contributed by atoms with Gasteiger partial charge in [0.2, 0.25) is 5.91 Å². The molecule has 0 aliphatic rings. The molecule has 0 spiro atoms. The molecule has 0 aliphatic carbocycles. The fourth-order valence-corrected chi connectivity index (χ4v) is 2.44.